The van der Waals surface area contributed by atoms with Crippen LogP contribution in [0, 0.1) is 0 Å². The van der Waals surface area contributed by atoms with Crippen LogP contribution < -0.4 is 5.32 Å². The van der Waals surface area contributed by atoms with E-state index in [0.29, 0.717) is 0 Å². The van der Waals surface area contributed by atoms with Gasteiger partial charge in [0.2, 0.25) is 0 Å². The summed E-state index contributed by atoms with van der Waals surface area (Å²) in [6.45, 7) is 15.0. The van der Waals surface area contributed by atoms with Crippen LogP contribution in [0.4, 0.5) is 0 Å². The van der Waals surface area contributed by atoms with Gasteiger partial charge in [-0.05, 0) is 40.8 Å². The molecular weight excluding hydrogens is 224 g/mol. The molecule has 0 saturated carbocycles. The minimum atomic E-state index is 0.123. The minimum Gasteiger partial charge on any atom is -0.468 e. The number of furan rings is 1. The lowest BCUT2D eigenvalue weighted by molar-refractivity contribution is 0.313. The molecule has 1 heterocycles. The van der Waals surface area contributed by atoms with Gasteiger partial charge >= 0.3 is 0 Å². The molecule has 0 saturated heterocycles. The van der Waals surface area contributed by atoms with Crippen molar-refractivity contribution in [3.63, 3.8) is 0 Å². The van der Waals surface area contributed by atoms with E-state index in [9.17, 15) is 0 Å². The molecule has 3 nitrogen and oxygen atoms in total. The van der Waals surface area contributed by atoms with Gasteiger partial charge in [0.1, 0.15) is 5.76 Å². The Labute approximate surface area is 111 Å². The van der Waals surface area contributed by atoms with Crippen LogP contribution in [-0.2, 0) is 13.1 Å². The molecule has 1 aromatic heterocycles. The second-order valence-corrected chi connectivity index (χ2v) is 6.10. The van der Waals surface area contributed by atoms with Crippen molar-refractivity contribution in [3.05, 3.63) is 35.8 Å². The minimum absolute atomic E-state index is 0.123. The molecule has 0 aliphatic carbocycles. The SMILES string of the molecule is C=C(C)CN(C)Cc1occc1CNC(C)(C)C. The largest absolute Gasteiger partial charge is 0.468 e. The van der Waals surface area contributed by atoms with Gasteiger partial charge in [-0.2, -0.15) is 0 Å². The maximum atomic E-state index is 5.57. The van der Waals surface area contributed by atoms with Gasteiger partial charge in [0.25, 0.3) is 0 Å². The average Bonchev–Trinajstić information content (AvgIpc) is 2.59. The van der Waals surface area contributed by atoms with Crippen molar-refractivity contribution in [2.45, 2.75) is 46.3 Å². The molecule has 18 heavy (non-hydrogen) atoms. The highest BCUT2D eigenvalue weighted by Crippen LogP contribution is 2.14. The first-order valence-corrected chi connectivity index (χ1v) is 6.41. The summed E-state index contributed by atoms with van der Waals surface area (Å²) in [5.41, 5.74) is 2.52. The molecule has 0 atom stereocenters. The summed E-state index contributed by atoms with van der Waals surface area (Å²) in [6.07, 6.45) is 1.77. The molecule has 0 spiro atoms. The quantitative estimate of drug-likeness (QED) is 0.786. The molecule has 0 aliphatic rings. The molecule has 0 unspecified atom stereocenters. The standard InChI is InChI=1S/C15H26N2O/c1-12(2)10-17(6)11-14-13(7-8-18-14)9-16-15(3,4)5/h7-8,16H,1,9-11H2,2-6H3. The Balaban J connectivity index is 2.57. The molecule has 1 N–H and O–H groups in total. The van der Waals surface area contributed by atoms with Crippen LogP contribution in [0.3, 0.4) is 0 Å². The second kappa shape index (κ2) is 6.21. The summed E-state index contributed by atoms with van der Waals surface area (Å²) >= 11 is 0. The Kier molecular flexibility index (Phi) is 5.17. The van der Waals surface area contributed by atoms with Crippen molar-refractivity contribution in [1.29, 1.82) is 0 Å². The van der Waals surface area contributed by atoms with Crippen LogP contribution in [0.5, 0.6) is 0 Å². The van der Waals surface area contributed by atoms with E-state index in [-0.39, 0.29) is 5.54 Å². The van der Waals surface area contributed by atoms with E-state index in [2.05, 4.69) is 44.6 Å². The molecule has 1 aromatic rings. The summed E-state index contributed by atoms with van der Waals surface area (Å²) in [7, 11) is 2.08. The lowest BCUT2D eigenvalue weighted by Gasteiger charge is -2.21. The van der Waals surface area contributed by atoms with Crippen LogP contribution in [0.1, 0.15) is 39.0 Å². The Bertz CT molecular complexity index is 387. The Morgan fingerprint density at radius 2 is 2.11 bits per heavy atom. The molecule has 0 aliphatic heterocycles. The summed E-state index contributed by atoms with van der Waals surface area (Å²) in [6, 6.07) is 2.04. The van der Waals surface area contributed by atoms with Gasteiger partial charge in [-0.1, -0.05) is 12.2 Å². The fourth-order valence-electron chi connectivity index (χ4n) is 1.79. The van der Waals surface area contributed by atoms with E-state index in [0.717, 1.165) is 25.4 Å². The number of hydrogen-bond acceptors (Lipinski definition) is 3. The Hall–Kier alpha value is -1.06. The van der Waals surface area contributed by atoms with Crippen molar-refractivity contribution in [2.24, 2.45) is 0 Å². The summed E-state index contributed by atoms with van der Waals surface area (Å²) in [4.78, 5) is 2.21. The fourth-order valence-corrected chi connectivity index (χ4v) is 1.79. The summed E-state index contributed by atoms with van der Waals surface area (Å²) in [5.74, 6) is 1.04. The molecule has 102 valence electrons. The van der Waals surface area contributed by atoms with Crippen molar-refractivity contribution in [2.75, 3.05) is 13.6 Å². The first-order valence-electron chi connectivity index (χ1n) is 6.41. The van der Waals surface area contributed by atoms with E-state index in [1.54, 1.807) is 6.26 Å². The van der Waals surface area contributed by atoms with Crippen molar-refractivity contribution < 1.29 is 4.42 Å². The van der Waals surface area contributed by atoms with Crippen LogP contribution in [0.15, 0.2) is 28.9 Å². The van der Waals surface area contributed by atoms with Gasteiger partial charge in [-0.15, -0.1) is 0 Å². The topological polar surface area (TPSA) is 28.4 Å². The van der Waals surface area contributed by atoms with Crippen LogP contribution in [0.2, 0.25) is 0 Å². The number of rotatable bonds is 6. The third-order valence-corrected chi connectivity index (χ3v) is 2.60. The van der Waals surface area contributed by atoms with Gasteiger partial charge < -0.3 is 9.73 Å². The lowest BCUT2D eigenvalue weighted by Crippen LogP contribution is -2.35. The van der Waals surface area contributed by atoms with E-state index >= 15 is 0 Å². The monoisotopic (exact) mass is 250 g/mol. The van der Waals surface area contributed by atoms with E-state index < -0.39 is 0 Å². The van der Waals surface area contributed by atoms with Gasteiger partial charge in [0, 0.05) is 24.2 Å². The number of hydrogen-bond donors (Lipinski definition) is 1. The Morgan fingerprint density at radius 3 is 2.67 bits per heavy atom. The number of likely N-dealkylation sites (N-methyl/N-ethyl adjacent to an activating group) is 1. The average molecular weight is 250 g/mol. The van der Waals surface area contributed by atoms with Crippen LogP contribution >= 0.6 is 0 Å². The van der Waals surface area contributed by atoms with E-state index in [1.807, 2.05) is 13.0 Å². The molecule has 0 bridgehead atoms. The first kappa shape index (κ1) is 15.0. The maximum absolute atomic E-state index is 5.57. The first-order chi connectivity index (χ1) is 8.28. The second-order valence-electron chi connectivity index (χ2n) is 6.10. The smallest absolute Gasteiger partial charge is 0.122 e. The predicted molar refractivity (Wildman–Crippen MR) is 76.4 cm³/mol. The Morgan fingerprint density at radius 1 is 1.44 bits per heavy atom. The number of nitrogens with one attached hydrogen (secondary N) is 1. The van der Waals surface area contributed by atoms with Crippen LogP contribution in [-0.4, -0.2) is 24.0 Å². The van der Waals surface area contributed by atoms with Crippen molar-refractivity contribution >= 4 is 0 Å². The molecule has 1 rings (SSSR count). The van der Waals surface area contributed by atoms with Gasteiger partial charge in [-0.25, -0.2) is 0 Å². The van der Waals surface area contributed by atoms with Crippen molar-refractivity contribution in [3.8, 4) is 0 Å². The number of nitrogens with zero attached hydrogens (tertiary/aromatic N) is 1. The fraction of sp³-hybridized carbons (Fsp3) is 0.600. The molecular formula is C15H26N2O. The lowest BCUT2D eigenvalue weighted by atomic mass is 10.1. The third kappa shape index (κ3) is 5.52. The highest BCUT2D eigenvalue weighted by molar-refractivity contribution is 5.17. The third-order valence-electron chi connectivity index (χ3n) is 2.60. The van der Waals surface area contributed by atoms with Gasteiger partial charge in [0.15, 0.2) is 0 Å². The molecule has 3 heteroatoms. The van der Waals surface area contributed by atoms with Crippen LogP contribution in [0.25, 0.3) is 0 Å². The molecule has 0 fully saturated rings. The highest BCUT2D eigenvalue weighted by Gasteiger charge is 2.13. The molecule has 0 aromatic carbocycles. The van der Waals surface area contributed by atoms with E-state index in [4.69, 9.17) is 4.42 Å². The highest BCUT2D eigenvalue weighted by atomic mass is 16.3. The zero-order chi connectivity index (χ0) is 13.8. The molecule has 0 radical (unpaired) electrons. The maximum Gasteiger partial charge on any atom is 0.122 e. The zero-order valence-electron chi connectivity index (χ0n) is 12.3. The zero-order valence-corrected chi connectivity index (χ0v) is 12.3. The van der Waals surface area contributed by atoms with Gasteiger partial charge in [0.05, 0.1) is 12.8 Å². The summed E-state index contributed by atoms with van der Waals surface area (Å²) in [5, 5.41) is 3.48. The van der Waals surface area contributed by atoms with Crippen molar-refractivity contribution in [1.82, 2.24) is 10.2 Å². The normalized spacial score (nSPS) is 12.1. The van der Waals surface area contributed by atoms with Gasteiger partial charge in [-0.3, -0.25) is 4.90 Å². The summed E-state index contributed by atoms with van der Waals surface area (Å²) < 4.78 is 5.57. The predicted octanol–water partition coefficient (Wildman–Crippen LogP) is 3.18. The van der Waals surface area contributed by atoms with E-state index in [1.165, 1.54) is 11.1 Å². The molecule has 0 amide bonds.